The van der Waals surface area contributed by atoms with E-state index in [9.17, 15) is 0 Å². The number of para-hydroxylation sites is 1. The first-order valence-electron chi connectivity index (χ1n) is 9.70. The number of likely N-dealkylation sites (N-methyl/N-ethyl adjacent to an activating group) is 1. The molecule has 9 nitrogen and oxygen atoms in total. The van der Waals surface area contributed by atoms with Gasteiger partial charge in [0.1, 0.15) is 11.2 Å². The van der Waals surface area contributed by atoms with Crippen molar-refractivity contribution in [2.45, 2.75) is 29.0 Å². The summed E-state index contributed by atoms with van der Waals surface area (Å²) in [5, 5.41) is 14.8. The molecule has 0 radical (unpaired) electrons. The first-order valence-corrected chi connectivity index (χ1v) is 11.5. The number of nitrogens with zero attached hydrogens (tertiary/aromatic N) is 7. The summed E-state index contributed by atoms with van der Waals surface area (Å²) in [5.41, 5.74) is 7.07. The summed E-state index contributed by atoms with van der Waals surface area (Å²) >= 11 is 2.99. The van der Waals surface area contributed by atoms with Crippen LogP contribution in [0.3, 0.4) is 0 Å². The zero-order chi connectivity index (χ0) is 21.8. The van der Waals surface area contributed by atoms with E-state index < -0.39 is 0 Å². The first kappa shape index (κ1) is 21.6. The highest BCUT2D eigenvalue weighted by molar-refractivity contribution is 8.03. The van der Waals surface area contributed by atoms with E-state index in [1.807, 2.05) is 67.7 Å². The fraction of sp³-hybridized carbons (Fsp3) is 0.300. The Morgan fingerprint density at radius 2 is 2.06 bits per heavy atom. The van der Waals surface area contributed by atoms with Crippen LogP contribution < -0.4 is 15.4 Å². The fourth-order valence-electron chi connectivity index (χ4n) is 2.93. The topological polar surface area (TPSA) is 98.2 Å². The highest BCUT2D eigenvalue weighted by atomic mass is 32.2. The van der Waals surface area contributed by atoms with E-state index in [2.05, 4.69) is 20.4 Å². The molecule has 0 saturated heterocycles. The average molecular weight is 457 g/mol. The van der Waals surface area contributed by atoms with Gasteiger partial charge in [-0.15, -0.1) is 5.10 Å². The van der Waals surface area contributed by atoms with Crippen molar-refractivity contribution in [3.8, 4) is 11.5 Å². The Kier molecular flexibility index (Phi) is 6.76. The number of nitrogens with two attached hydrogens (primary N) is 1. The molecular weight excluding hydrogens is 432 g/mol. The molecule has 2 N–H and O–H groups in total. The zero-order valence-electron chi connectivity index (χ0n) is 17.5. The highest BCUT2D eigenvalue weighted by Gasteiger charge is 2.27. The number of thioether (sulfide) groups is 1. The first-order chi connectivity index (χ1) is 15.0. The smallest absolute Gasteiger partial charge is 0.214 e. The normalized spacial score (nSPS) is 16.1. The van der Waals surface area contributed by atoms with Gasteiger partial charge in [-0.2, -0.15) is 0 Å². The Morgan fingerprint density at radius 1 is 1.26 bits per heavy atom. The quantitative estimate of drug-likeness (QED) is 0.544. The molecule has 0 fully saturated rings. The number of aromatic nitrogens is 5. The number of pyridine rings is 1. The molecule has 1 aliphatic rings. The van der Waals surface area contributed by atoms with Gasteiger partial charge >= 0.3 is 0 Å². The molecular formula is C20H24N8OS2. The summed E-state index contributed by atoms with van der Waals surface area (Å²) in [5.74, 6) is 2.02. The summed E-state index contributed by atoms with van der Waals surface area (Å²) in [7, 11) is 4.04. The van der Waals surface area contributed by atoms with Gasteiger partial charge in [-0.25, -0.2) is 9.67 Å². The second-order valence-corrected chi connectivity index (χ2v) is 9.19. The summed E-state index contributed by atoms with van der Waals surface area (Å²) in [6, 6.07) is 11.6. The molecule has 162 valence electrons. The van der Waals surface area contributed by atoms with Crippen LogP contribution in [0.15, 0.2) is 63.8 Å². The van der Waals surface area contributed by atoms with E-state index in [0.717, 1.165) is 22.9 Å². The lowest BCUT2D eigenvalue weighted by Crippen LogP contribution is -2.35. The largest absolute Gasteiger partial charge is 0.453 e. The SMILES string of the molecule is CC1=CSC(N)N1c1ncc(Sc2nnnn2CCN(C)C)cc1Oc1ccccc1. The van der Waals surface area contributed by atoms with Crippen molar-refractivity contribution in [3.63, 3.8) is 0 Å². The van der Waals surface area contributed by atoms with Gasteiger partial charge in [-0.1, -0.05) is 30.0 Å². The number of anilines is 1. The van der Waals surface area contributed by atoms with Crippen LogP contribution >= 0.6 is 23.5 Å². The Balaban J connectivity index is 1.64. The number of hydrogen-bond acceptors (Lipinski definition) is 10. The number of benzene rings is 1. The lowest BCUT2D eigenvalue weighted by Gasteiger charge is -2.25. The Bertz CT molecular complexity index is 1060. The molecule has 3 heterocycles. The van der Waals surface area contributed by atoms with Crippen LogP contribution in [0.1, 0.15) is 6.92 Å². The molecule has 1 aromatic carbocycles. The molecule has 0 aliphatic carbocycles. The third kappa shape index (κ3) is 5.18. The van der Waals surface area contributed by atoms with Gasteiger partial charge in [-0.3, -0.25) is 0 Å². The van der Waals surface area contributed by atoms with Crippen molar-refractivity contribution in [1.82, 2.24) is 30.1 Å². The molecule has 1 unspecified atom stereocenters. The minimum atomic E-state index is -0.248. The van der Waals surface area contributed by atoms with Gasteiger partial charge in [0.25, 0.3) is 0 Å². The lowest BCUT2D eigenvalue weighted by molar-refractivity contribution is 0.361. The molecule has 2 aromatic heterocycles. The maximum Gasteiger partial charge on any atom is 0.214 e. The van der Waals surface area contributed by atoms with Crippen molar-refractivity contribution < 1.29 is 4.74 Å². The maximum atomic E-state index is 6.29. The standard InChI is InChI=1S/C20H24N8OS2/c1-14-13-30-19(21)28(14)18-17(29-15-7-5-4-6-8-15)11-16(12-22-18)31-20-23-24-25-27(20)10-9-26(2)3/h4-8,11-13,19H,9-10,21H2,1-3H3. The number of hydrogen-bond donors (Lipinski definition) is 1. The van der Waals surface area contributed by atoms with Crippen LogP contribution in [0.5, 0.6) is 11.5 Å². The molecule has 0 amide bonds. The van der Waals surface area contributed by atoms with Crippen molar-refractivity contribution in [2.24, 2.45) is 5.73 Å². The van der Waals surface area contributed by atoms with E-state index >= 15 is 0 Å². The molecule has 11 heteroatoms. The average Bonchev–Trinajstić information content (AvgIpc) is 3.33. The van der Waals surface area contributed by atoms with E-state index in [1.54, 1.807) is 22.6 Å². The number of tetrazole rings is 1. The van der Waals surface area contributed by atoms with Gasteiger partial charge < -0.3 is 20.3 Å². The summed E-state index contributed by atoms with van der Waals surface area (Å²) in [6.45, 7) is 3.55. The molecule has 0 bridgehead atoms. The molecule has 1 aliphatic heterocycles. The summed E-state index contributed by atoms with van der Waals surface area (Å²) in [6.07, 6.45) is 1.80. The molecule has 0 spiro atoms. The van der Waals surface area contributed by atoms with E-state index in [0.29, 0.717) is 23.3 Å². The van der Waals surface area contributed by atoms with Gasteiger partial charge in [0.15, 0.2) is 11.6 Å². The zero-order valence-corrected chi connectivity index (χ0v) is 19.2. The highest BCUT2D eigenvalue weighted by Crippen LogP contribution is 2.40. The van der Waals surface area contributed by atoms with Crippen LogP contribution in [0.4, 0.5) is 5.82 Å². The number of ether oxygens (including phenoxy) is 1. The molecule has 31 heavy (non-hydrogen) atoms. The summed E-state index contributed by atoms with van der Waals surface area (Å²) < 4.78 is 8.00. The minimum absolute atomic E-state index is 0.248. The Labute approximate surface area is 189 Å². The van der Waals surface area contributed by atoms with E-state index in [1.165, 1.54) is 11.8 Å². The fourth-order valence-corrected chi connectivity index (χ4v) is 4.56. The Morgan fingerprint density at radius 3 is 2.77 bits per heavy atom. The van der Waals surface area contributed by atoms with E-state index in [-0.39, 0.29) is 5.50 Å². The lowest BCUT2D eigenvalue weighted by atomic mass is 10.3. The van der Waals surface area contributed by atoms with Gasteiger partial charge in [-0.05, 0) is 60.7 Å². The van der Waals surface area contributed by atoms with Crippen LogP contribution in [0.2, 0.25) is 0 Å². The van der Waals surface area contributed by atoms with Crippen molar-refractivity contribution in [3.05, 3.63) is 53.7 Å². The van der Waals surface area contributed by atoms with Gasteiger partial charge in [0.05, 0.1) is 6.54 Å². The molecule has 3 aromatic rings. The molecule has 1 atom stereocenters. The maximum absolute atomic E-state index is 6.29. The number of rotatable bonds is 8. The number of allylic oxidation sites excluding steroid dienone is 1. The predicted molar refractivity (Wildman–Crippen MR) is 123 cm³/mol. The van der Waals surface area contributed by atoms with Gasteiger partial charge in [0.2, 0.25) is 5.16 Å². The second-order valence-electron chi connectivity index (χ2n) is 7.15. The Hall–Kier alpha value is -2.60. The van der Waals surface area contributed by atoms with Crippen LogP contribution in [-0.2, 0) is 6.54 Å². The van der Waals surface area contributed by atoms with Crippen molar-refractivity contribution in [2.75, 3.05) is 25.5 Å². The van der Waals surface area contributed by atoms with Crippen LogP contribution in [0.25, 0.3) is 0 Å². The third-order valence-electron chi connectivity index (χ3n) is 4.49. The monoisotopic (exact) mass is 456 g/mol. The predicted octanol–water partition coefficient (Wildman–Crippen LogP) is 3.23. The minimum Gasteiger partial charge on any atom is -0.453 e. The summed E-state index contributed by atoms with van der Waals surface area (Å²) in [4.78, 5) is 9.63. The molecule has 4 rings (SSSR count). The third-order valence-corrected chi connectivity index (χ3v) is 6.39. The van der Waals surface area contributed by atoms with E-state index in [4.69, 9.17) is 15.5 Å². The van der Waals surface area contributed by atoms with Crippen LogP contribution in [-0.4, -0.2) is 56.2 Å². The van der Waals surface area contributed by atoms with Crippen molar-refractivity contribution in [1.29, 1.82) is 0 Å². The van der Waals surface area contributed by atoms with Crippen molar-refractivity contribution >= 4 is 29.3 Å². The molecule has 0 saturated carbocycles. The second kappa shape index (κ2) is 9.69. The van der Waals surface area contributed by atoms with Gasteiger partial charge in [0, 0.05) is 29.4 Å². The van der Waals surface area contributed by atoms with Crippen LogP contribution in [0, 0.1) is 0 Å².